The highest BCUT2D eigenvalue weighted by Gasteiger charge is 2.48. The number of carbonyl (C=O) groups is 2. The predicted octanol–water partition coefficient (Wildman–Crippen LogP) is 4.33. The number of carbonyl (C=O) groups excluding carboxylic acids is 2. The third kappa shape index (κ3) is 6.41. The van der Waals surface area contributed by atoms with Crippen LogP contribution in [0.15, 0.2) is 48.8 Å². The van der Waals surface area contributed by atoms with Crippen LogP contribution in [-0.4, -0.2) is 45.2 Å². The largest absolute Gasteiger partial charge is 0.393 e. The lowest BCUT2D eigenvalue weighted by Gasteiger charge is -2.32. The Kier molecular flexibility index (Phi) is 8.15. The maximum absolute atomic E-state index is 13.4. The van der Waals surface area contributed by atoms with Gasteiger partial charge in [-0.2, -0.15) is 18.3 Å². The molecule has 0 radical (unpaired) electrons. The Morgan fingerprint density at radius 3 is 2.59 bits per heavy atom. The number of amides is 2. The average Bonchev–Trinajstić information content (AvgIpc) is 3.38. The summed E-state index contributed by atoms with van der Waals surface area (Å²) in [4.78, 5) is 30.4. The molecular weight excluding hydrogens is 509 g/mol. The van der Waals surface area contributed by atoms with Crippen molar-refractivity contribution in [2.45, 2.75) is 69.8 Å². The van der Waals surface area contributed by atoms with Gasteiger partial charge in [-0.25, -0.2) is 9.50 Å². The van der Waals surface area contributed by atoms with Gasteiger partial charge >= 0.3 is 6.18 Å². The molecule has 1 aliphatic carbocycles. The second-order valence-electron chi connectivity index (χ2n) is 10.5. The van der Waals surface area contributed by atoms with Gasteiger partial charge in [0.1, 0.15) is 0 Å². The molecule has 8 nitrogen and oxygen atoms in total. The number of fused-ring (bicyclic) bond motifs is 1. The maximum atomic E-state index is 13.4. The van der Waals surface area contributed by atoms with E-state index in [0.29, 0.717) is 35.4 Å². The lowest BCUT2D eigenvalue weighted by molar-refractivity contribution is -0.190. The van der Waals surface area contributed by atoms with E-state index in [-0.39, 0.29) is 30.8 Å². The van der Waals surface area contributed by atoms with Crippen LogP contribution in [0.2, 0.25) is 0 Å². The summed E-state index contributed by atoms with van der Waals surface area (Å²) >= 11 is 0. The standard InChI is InChI=1S/C28H33F3N6O2/c29-28(30,31)21-12-7-13-32-25(21)27(39)33-15-18-14-23-35-22(17-37(23)34-16-18)24(19-8-3-1-4-9-19)36-26(38)20-10-5-2-6-11-20/h2,5-6,10-11,14,16-17,19,21,24-25,32H,1,3-4,7-9,12-13,15H2,(H,33,39)(H,36,38)/t21-,24+,25-/m1/s1. The molecule has 39 heavy (non-hydrogen) atoms. The summed E-state index contributed by atoms with van der Waals surface area (Å²) in [6, 6.07) is 9.24. The Bertz CT molecular complexity index is 1290. The fourth-order valence-corrected chi connectivity index (χ4v) is 5.71. The highest BCUT2D eigenvalue weighted by molar-refractivity contribution is 5.94. The third-order valence-electron chi connectivity index (χ3n) is 7.79. The molecule has 1 saturated carbocycles. The molecule has 5 rings (SSSR count). The average molecular weight is 543 g/mol. The van der Waals surface area contributed by atoms with Crippen LogP contribution in [0.4, 0.5) is 13.2 Å². The molecule has 0 unspecified atom stereocenters. The topological polar surface area (TPSA) is 100 Å². The van der Waals surface area contributed by atoms with E-state index in [0.717, 1.165) is 25.7 Å². The molecule has 0 spiro atoms. The molecule has 2 fully saturated rings. The maximum Gasteiger partial charge on any atom is 0.393 e. The molecule has 2 aromatic heterocycles. The monoisotopic (exact) mass is 542 g/mol. The third-order valence-corrected chi connectivity index (χ3v) is 7.79. The minimum absolute atomic E-state index is 0.0318. The Balaban J connectivity index is 1.31. The number of imidazole rings is 1. The van der Waals surface area contributed by atoms with Crippen molar-refractivity contribution in [1.82, 2.24) is 30.5 Å². The van der Waals surface area contributed by atoms with Gasteiger partial charge in [-0.1, -0.05) is 37.5 Å². The number of hydrogen-bond donors (Lipinski definition) is 3. The number of halogens is 3. The highest BCUT2D eigenvalue weighted by Crippen LogP contribution is 2.35. The van der Waals surface area contributed by atoms with Crippen LogP contribution in [0.1, 0.15) is 72.6 Å². The number of nitrogens with zero attached hydrogens (tertiary/aromatic N) is 3. The highest BCUT2D eigenvalue weighted by atomic mass is 19.4. The molecule has 2 aliphatic rings. The predicted molar refractivity (Wildman–Crippen MR) is 139 cm³/mol. The summed E-state index contributed by atoms with van der Waals surface area (Å²) in [5.41, 5.74) is 2.45. The summed E-state index contributed by atoms with van der Waals surface area (Å²) in [5, 5.41) is 12.9. The fraction of sp³-hybridized carbons (Fsp3) is 0.500. The molecule has 1 saturated heterocycles. The van der Waals surface area contributed by atoms with Crippen molar-refractivity contribution in [2.24, 2.45) is 11.8 Å². The van der Waals surface area contributed by atoms with Gasteiger partial charge < -0.3 is 16.0 Å². The number of piperidine rings is 1. The molecule has 1 aliphatic heterocycles. The zero-order chi connectivity index (χ0) is 27.4. The number of alkyl halides is 3. The molecule has 11 heteroatoms. The molecule has 208 valence electrons. The van der Waals surface area contributed by atoms with E-state index in [9.17, 15) is 22.8 Å². The first-order valence-electron chi connectivity index (χ1n) is 13.6. The molecule has 3 N–H and O–H groups in total. The van der Waals surface area contributed by atoms with Crippen LogP contribution in [0.5, 0.6) is 0 Å². The van der Waals surface area contributed by atoms with Crippen LogP contribution >= 0.6 is 0 Å². The SMILES string of the molecule is O=C(N[C@H](c1cn2ncc(CNC(=O)[C@@H]3NCCC[C@H]3C(F)(F)F)cc2n1)C1CCCCC1)c1ccccc1. The number of hydrogen-bond acceptors (Lipinski definition) is 5. The zero-order valence-electron chi connectivity index (χ0n) is 21.6. The minimum atomic E-state index is -4.44. The number of benzene rings is 1. The van der Waals surface area contributed by atoms with Gasteiger partial charge in [-0.05, 0) is 61.9 Å². The van der Waals surface area contributed by atoms with Crippen LogP contribution in [0, 0.1) is 11.8 Å². The van der Waals surface area contributed by atoms with E-state index >= 15 is 0 Å². The summed E-state index contributed by atoms with van der Waals surface area (Å²) in [5.74, 6) is -2.29. The van der Waals surface area contributed by atoms with Gasteiger partial charge in [0, 0.05) is 12.1 Å². The van der Waals surface area contributed by atoms with E-state index in [1.54, 1.807) is 28.9 Å². The van der Waals surface area contributed by atoms with Crippen molar-refractivity contribution < 1.29 is 22.8 Å². The van der Waals surface area contributed by atoms with E-state index < -0.39 is 24.0 Å². The van der Waals surface area contributed by atoms with Gasteiger partial charge in [0.15, 0.2) is 5.65 Å². The van der Waals surface area contributed by atoms with Gasteiger partial charge in [0.05, 0.1) is 36.1 Å². The minimum Gasteiger partial charge on any atom is -0.351 e. The van der Waals surface area contributed by atoms with Crippen molar-refractivity contribution in [3.63, 3.8) is 0 Å². The first-order valence-corrected chi connectivity index (χ1v) is 13.6. The first kappa shape index (κ1) is 27.1. The Morgan fingerprint density at radius 1 is 1.08 bits per heavy atom. The molecule has 3 aromatic rings. The van der Waals surface area contributed by atoms with Gasteiger partial charge in [-0.3, -0.25) is 9.59 Å². The van der Waals surface area contributed by atoms with Gasteiger partial charge in [0.2, 0.25) is 5.91 Å². The molecule has 1 aromatic carbocycles. The quantitative estimate of drug-likeness (QED) is 0.413. The molecule has 0 bridgehead atoms. The Labute approximate surface area is 224 Å². The fourth-order valence-electron chi connectivity index (χ4n) is 5.71. The second-order valence-corrected chi connectivity index (χ2v) is 10.5. The number of aromatic nitrogens is 3. The summed E-state index contributed by atoms with van der Waals surface area (Å²) in [6.07, 6.45) is 4.61. The van der Waals surface area contributed by atoms with Crippen molar-refractivity contribution in [1.29, 1.82) is 0 Å². The van der Waals surface area contributed by atoms with Crippen LogP contribution in [-0.2, 0) is 11.3 Å². The van der Waals surface area contributed by atoms with E-state index in [1.165, 1.54) is 6.42 Å². The van der Waals surface area contributed by atoms with E-state index in [4.69, 9.17) is 4.98 Å². The second kappa shape index (κ2) is 11.7. The van der Waals surface area contributed by atoms with Gasteiger partial charge in [0.25, 0.3) is 5.91 Å². The van der Waals surface area contributed by atoms with Crippen molar-refractivity contribution in [3.05, 3.63) is 65.6 Å². The summed E-state index contributed by atoms with van der Waals surface area (Å²) < 4.78 is 41.8. The number of rotatable bonds is 7. The normalized spacial score (nSPS) is 21.4. The van der Waals surface area contributed by atoms with E-state index in [2.05, 4.69) is 21.0 Å². The van der Waals surface area contributed by atoms with Crippen LogP contribution in [0.25, 0.3) is 5.65 Å². The molecule has 2 amide bonds. The summed E-state index contributed by atoms with van der Waals surface area (Å²) in [6.45, 7) is 0.405. The van der Waals surface area contributed by atoms with Gasteiger partial charge in [-0.15, -0.1) is 0 Å². The first-order chi connectivity index (χ1) is 18.8. The van der Waals surface area contributed by atoms with Crippen LogP contribution in [0.3, 0.4) is 0 Å². The lowest BCUT2D eigenvalue weighted by Crippen LogP contribution is -2.55. The zero-order valence-corrected chi connectivity index (χ0v) is 21.6. The Hall–Kier alpha value is -3.47. The summed E-state index contributed by atoms with van der Waals surface area (Å²) in [7, 11) is 0. The van der Waals surface area contributed by atoms with Crippen molar-refractivity contribution >= 4 is 17.5 Å². The smallest absolute Gasteiger partial charge is 0.351 e. The molecular formula is C28H33F3N6O2. The van der Waals surface area contributed by atoms with Crippen molar-refractivity contribution in [2.75, 3.05) is 6.54 Å². The van der Waals surface area contributed by atoms with E-state index in [1.807, 2.05) is 24.4 Å². The lowest BCUT2D eigenvalue weighted by atomic mass is 9.82. The number of nitrogens with one attached hydrogen (secondary N) is 3. The molecule has 3 heterocycles. The Morgan fingerprint density at radius 2 is 1.85 bits per heavy atom. The van der Waals surface area contributed by atoms with Crippen LogP contribution < -0.4 is 16.0 Å². The molecule has 3 atom stereocenters. The van der Waals surface area contributed by atoms with Crippen molar-refractivity contribution in [3.8, 4) is 0 Å².